The zero-order valence-corrected chi connectivity index (χ0v) is 8.67. The molecule has 0 aromatic rings. The molecule has 0 N–H and O–H groups in total. The third-order valence-electron chi connectivity index (χ3n) is 1.61. The summed E-state index contributed by atoms with van der Waals surface area (Å²) in [5, 5.41) is 0. The van der Waals surface area contributed by atoms with Crippen LogP contribution in [0.1, 0.15) is 46.0 Å². The molecule has 0 fully saturated rings. The highest BCUT2D eigenvalue weighted by molar-refractivity contribution is 8.03. The summed E-state index contributed by atoms with van der Waals surface area (Å²) in [5.74, 6) is 1.26. The third kappa shape index (κ3) is 7.99. The Kier molecular flexibility index (Phi) is 8.26. The van der Waals surface area contributed by atoms with Crippen LogP contribution in [0.4, 0.5) is 0 Å². The van der Waals surface area contributed by atoms with Crippen LogP contribution in [0.25, 0.3) is 0 Å². The SMILES string of the molecule is C=C(CCCC)SCCCC. The first kappa shape index (κ1) is 11.1. The van der Waals surface area contributed by atoms with Crippen LogP contribution in [0.15, 0.2) is 11.5 Å². The van der Waals surface area contributed by atoms with Gasteiger partial charge in [0.1, 0.15) is 0 Å². The van der Waals surface area contributed by atoms with Crippen LogP contribution in [0.2, 0.25) is 0 Å². The first-order valence-electron chi connectivity index (χ1n) is 4.61. The lowest BCUT2D eigenvalue weighted by molar-refractivity contribution is 0.809. The van der Waals surface area contributed by atoms with Crippen molar-refractivity contribution in [1.29, 1.82) is 0 Å². The van der Waals surface area contributed by atoms with Crippen LogP contribution in [-0.4, -0.2) is 5.75 Å². The molecule has 0 amide bonds. The molecule has 0 aliphatic heterocycles. The van der Waals surface area contributed by atoms with Gasteiger partial charge in [-0.3, -0.25) is 0 Å². The molecule has 0 aliphatic carbocycles. The monoisotopic (exact) mass is 172 g/mol. The van der Waals surface area contributed by atoms with Gasteiger partial charge in [0.25, 0.3) is 0 Å². The first-order chi connectivity index (χ1) is 5.31. The third-order valence-corrected chi connectivity index (χ3v) is 2.72. The quantitative estimate of drug-likeness (QED) is 0.518. The largest absolute Gasteiger partial charge is 0.131 e. The Morgan fingerprint density at radius 3 is 2.36 bits per heavy atom. The number of hydrogen-bond donors (Lipinski definition) is 0. The Morgan fingerprint density at radius 2 is 1.82 bits per heavy atom. The minimum Gasteiger partial charge on any atom is -0.131 e. The Hall–Kier alpha value is 0.0900. The van der Waals surface area contributed by atoms with Gasteiger partial charge >= 0.3 is 0 Å². The minimum absolute atomic E-state index is 1.21. The lowest BCUT2D eigenvalue weighted by Gasteiger charge is -2.02. The molecule has 0 aromatic heterocycles. The zero-order chi connectivity index (χ0) is 8.53. The van der Waals surface area contributed by atoms with Crippen molar-refractivity contribution in [3.63, 3.8) is 0 Å². The molecule has 0 atom stereocenters. The average molecular weight is 172 g/mol. The van der Waals surface area contributed by atoms with E-state index < -0.39 is 0 Å². The van der Waals surface area contributed by atoms with Crippen LogP contribution in [0.5, 0.6) is 0 Å². The Morgan fingerprint density at radius 1 is 1.18 bits per heavy atom. The Labute approximate surface area is 75.5 Å². The van der Waals surface area contributed by atoms with Crippen molar-refractivity contribution in [2.75, 3.05) is 5.75 Å². The molecule has 66 valence electrons. The topological polar surface area (TPSA) is 0 Å². The van der Waals surface area contributed by atoms with Crippen molar-refractivity contribution in [2.45, 2.75) is 46.0 Å². The summed E-state index contributed by atoms with van der Waals surface area (Å²) in [6.45, 7) is 8.48. The van der Waals surface area contributed by atoms with Gasteiger partial charge in [0.2, 0.25) is 0 Å². The molecule has 0 heterocycles. The fourth-order valence-electron chi connectivity index (χ4n) is 0.807. The molecule has 0 saturated carbocycles. The maximum Gasteiger partial charge on any atom is -0.00236 e. The second-order valence-electron chi connectivity index (χ2n) is 2.84. The van der Waals surface area contributed by atoms with Crippen molar-refractivity contribution in [3.8, 4) is 0 Å². The second kappa shape index (κ2) is 8.19. The van der Waals surface area contributed by atoms with Gasteiger partial charge in [-0.1, -0.05) is 33.3 Å². The molecule has 0 aromatic carbocycles. The maximum absolute atomic E-state index is 4.03. The van der Waals surface area contributed by atoms with Gasteiger partial charge in [-0.2, -0.15) is 0 Å². The van der Waals surface area contributed by atoms with E-state index in [4.69, 9.17) is 0 Å². The van der Waals surface area contributed by atoms with Crippen molar-refractivity contribution in [2.24, 2.45) is 0 Å². The molecule has 0 rings (SSSR count). The molecule has 0 unspecified atom stereocenters. The molecule has 0 bridgehead atoms. The van der Waals surface area contributed by atoms with Crippen LogP contribution in [-0.2, 0) is 0 Å². The van der Waals surface area contributed by atoms with Gasteiger partial charge in [0.05, 0.1) is 0 Å². The fraction of sp³-hybridized carbons (Fsp3) is 0.800. The van der Waals surface area contributed by atoms with E-state index in [-0.39, 0.29) is 0 Å². The van der Waals surface area contributed by atoms with Crippen molar-refractivity contribution in [1.82, 2.24) is 0 Å². The smallest absolute Gasteiger partial charge is 0.00236 e. The molecular formula is C10H20S. The second-order valence-corrected chi connectivity index (χ2v) is 4.12. The normalized spacial score (nSPS) is 10.0. The predicted octanol–water partition coefficient (Wildman–Crippen LogP) is 4.22. The molecule has 0 radical (unpaired) electrons. The van der Waals surface area contributed by atoms with Gasteiger partial charge in [-0.05, 0) is 29.9 Å². The summed E-state index contributed by atoms with van der Waals surface area (Å²) in [7, 11) is 0. The van der Waals surface area contributed by atoms with E-state index in [0.717, 1.165) is 0 Å². The van der Waals surface area contributed by atoms with Gasteiger partial charge < -0.3 is 0 Å². The number of hydrogen-bond acceptors (Lipinski definition) is 1. The number of rotatable bonds is 7. The molecule has 0 nitrogen and oxygen atoms in total. The van der Waals surface area contributed by atoms with Crippen LogP contribution in [0, 0.1) is 0 Å². The van der Waals surface area contributed by atoms with Crippen LogP contribution >= 0.6 is 11.8 Å². The summed E-state index contributed by atoms with van der Waals surface area (Å²) in [4.78, 5) is 1.38. The van der Waals surface area contributed by atoms with Crippen LogP contribution < -0.4 is 0 Å². The van der Waals surface area contributed by atoms with Crippen molar-refractivity contribution < 1.29 is 0 Å². The predicted molar refractivity (Wildman–Crippen MR) is 56.0 cm³/mol. The molecule has 0 spiro atoms. The molecule has 11 heavy (non-hydrogen) atoms. The maximum atomic E-state index is 4.03. The van der Waals surface area contributed by atoms with E-state index in [1.165, 1.54) is 42.8 Å². The standard InChI is InChI=1S/C10H20S/c1-4-6-8-10(3)11-9-7-5-2/h3-9H2,1-2H3. The van der Waals surface area contributed by atoms with Crippen molar-refractivity contribution >= 4 is 11.8 Å². The number of thioether (sulfide) groups is 1. The van der Waals surface area contributed by atoms with Crippen molar-refractivity contribution in [3.05, 3.63) is 11.5 Å². The van der Waals surface area contributed by atoms with E-state index in [0.29, 0.717) is 0 Å². The van der Waals surface area contributed by atoms with Gasteiger partial charge in [0.15, 0.2) is 0 Å². The highest BCUT2D eigenvalue weighted by Crippen LogP contribution is 2.20. The highest BCUT2D eigenvalue weighted by atomic mass is 32.2. The lowest BCUT2D eigenvalue weighted by Crippen LogP contribution is -1.80. The number of allylic oxidation sites excluding steroid dienone is 1. The molecule has 0 aliphatic rings. The summed E-state index contributed by atoms with van der Waals surface area (Å²) >= 11 is 1.95. The zero-order valence-electron chi connectivity index (χ0n) is 7.86. The lowest BCUT2D eigenvalue weighted by atomic mass is 10.2. The Bertz CT molecular complexity index is 97.0. The van der Waals surface area contributed by atoms with E-state index >= 15 is 0 Å². The highest BCUT2D eigenvalue weighted by Gasteiger charge is 1.93. The minimum atomic E-state index is 1.21. The van der Waals surface area contributed by atoms with E-state index in [1.807, 2.05) is 11.8 Å². The fourth-order valence-corrected chi connectivity index (χ4v) is 1.82. The van der Waals surface area contributed by atoms with Crippen LogP contribution in [0.3, 0.4) is 0 Å². The summed E-state index contributed by atoms with van der Waals surface area (Å²) in [5.41, 5.74) is 0. The van der Waals surface area contributed by atoms with E-state index in [9.17, 15) is 0 Å². The van der Waals surface area contributed by atoms with E-state index in [1.54, 1.807) is 0 Å². The van der Waals surface area contributed by atoms with E-state index in [2.05, 4.69) is 20.4 Å². The molecule has 0 saturated heterocycles. The van der Waals surface area contributed by atoms with Gasteiger partial charge in [-0.25, -0.2) is 0 Å². The summed E-state index contributed by atoms with van der Waals surface area (Å²) in [6, 6.07) is 0. The van der Waals surface area contributed by atoms with Gasteiger partial charge in [-0.15, -0.1) is 11.8 Å². The summed E-state index contributed by atoms with van der Waals surface area (Å²) in [6.07, 6.45) is 6.43. The number of unbranched alkanes of at least 4 members (excludes halogenated alkanes) is 2. The summed E-state index contributed by atoms with van der Waals surface area (Å²) < 4.78 is 0. The average Bonchev–Trinajstić information content (AvgIpc) is 2.01. The molecule has 1 heteroatoms. The Balaban J connectivity index is 3.09. The van der Waals surface area contributed by atoms with Gasteiger partial charge in [0, 0.05) is 0 Å². The molecular weight excluding hydrogens is 152 g/mol. The first-order valence-corrected chi connectivity index (χ1v) is 5.60.